The lowest BCUT2D eigenvalue weighted by Gasteiger charge is -2.22. The van der Waals surface area contributed by atoms with Crippen LogP contribution < -0.4 is 0 Å². The Morgan fingerprint density at radius 1 is 0.875 bits per heavy atom. The number of ketones is 1. The molecule has 24 heavy (non-hydrogen) atoms. The Hall–Kier alpha value is -2.04. The molecule has 134 valence electrons. The van der Waals surface area contributed by atoms with Crippen LogP contribution in [0.15, 0.2) is 0 Å². The third-order valence-corrected chi connectivity index (χ3v) is 4.06. The third-order valence-electron chi connectivity index (χ3n) is 4.06. The molecule has 0 bridgehead atoms. The van der Waals surface area contributed by atoms with Gasteiger partial charge in [0.1, 0.15) is 11.7 Å². The van der Waals surface area contributed by atoms with E-state index in [0.29, 0.717) is 0 Å². The van der Waals surface area contributed by atoms with E-state index in [9.17, 15) is 19.2 Å². The maximum atomic E-state index is 12.2. The molecule has 0 spiro atoms. The lowest BCUT2D eigenvalue weighted by Crippen LogP contribution is -2.44. The molecule has 0 aromatic heterocycles. The second-order valence-corrected chi connectivity index (χ2v) is 5.49. The highest BCUT2D eigenvalue weighted by Crippen LogP contribution is 2.43. The van der Waals surface area contributed by atoms with Crippen LogP contribution in [-0.4, -0.2) is 68.5 Å². The Bertz CT molecular complexity index is 548. The maximum Gasteiger partial charge on any atom is 0.338 e. The molecular weight excluding hydrogens is 326 g/mol. The fourth-order valence-corrected chi connectivity index (χ4v) is 3.04. The molecule has 10 nitrogen and oxygen atoms in total. The summed E-state index contributed by atoms with van der Waals surface area (Å²) >= 11 is 0. The summed E-state index contributed by atoms with van der Waals surface area (Å²) in [6, 6.07) is -0.866. The van der Waals surface area contributed by atoms with Crippen LogP contribution in [0.5, 0.6) is 0 Å². The molecule has 5 atom stereocenters. The molecule has 2 rings (SSSR count). The van der Waals surface area contributed by atoms with Gasteiger partial charge in [-0.2, -0.15) is 0 Å². The van der Waals surface area contributed by atoms with E-state index in [1.54, 1.807) is 0 Å². The molecule has 0 N–H and O–H groups in total. The van der Waals surface area contributed by atoms with Gasteiger partial charge >= 0.3 is 17.9 Å². The van der Waals surface area contributed by atoms with Gasteiger partial charge in [0, 0.05) is 12.3 Å². The van der Waals surface area contributed by atoms with Gasteiger partial charge in [0.25, 0.3) is 0 Å². The average Bonchev–Trinajstić information content (AvgIpc) is 3.09. The van der Waals surface area contributed by atoms with Crippen LogP contribution in [0.2, 0.25) is 0 Å². The Balaban J connectivity index is 2.38. The van der Waals surface area contributed by atoms with Crippen molar-refractivity contribution in [3.05, 3.63) is 0 Å². The van der Waals surface area contributed by atoms with Gasteiger partial charge in [-0.05, 0) is 6.92 Å². The summed E-state index contributed by atoms with van der Waals surface area (Å²) in [5.74, 6) is -4.31. The van der Waals surface area contributed by atoms with E-state index in [2.05, 4.69) is 9.47 Å². The van der Waals surface area contributed by atoms with Crippen molar-refractivity contribution in [3.63, 3.8) is 0 Å². The van der Waals surface area contributed by atoms with Gasteiger partial charge in [0.05, 0.1) is 27.4 Å². The highest BCUT2D eigenvalue weighted by Gasteiger charge is 2.63. The van der Waals surface area contributed by atoms with Crippen LogP contribution in [0, 0.1) is 11.8 Å². The van der Waals surface area contributed by atoms with Crippen LogP contribution in [0.3, 0.4) is 0 Å². The normalized spacial score (nSPS) is 32.1. The monoisotopic (exact) mass is 345 g/mol. The second-order valence-electron chi connectivity index (χ2n) is 5.49. The first kappa shape index (κ1) is 18.3. The zero-order valence-corrected chi connectivity index (χ0v) is 13.7. The second kappa shape index (κ2) is 7.24. The summed E-state index contributed by atoms with van der Waals surface area (Å²) in [6.45, 7) is 1.34. The fourth-order valence-electron chi connectivity index (χ4n) is 3.04. The van der Waals surface area contributed by atoms with E-state index in [1.807, 2.05) is 0 Å². The molecule has 0 amide bonds. The topological polar surface area (TPSA) is 118 Å². The van der Waals surface area contributed by atoms with Crippen LogP contribution in [-0.2, 0) is 43.1 Å². The van der Waals surface area contributed by atoms with Crippen molar-refractivity contribution < 1.29 is 43.1 Å². The zero-order chi connectivity index (χ0) is 18.0. The highest BCUT2D eigenvalue weighted by molar-refractivity contribution is 5.86. The number of hydrogen-bond acceptors (Lipinski definition) is 10. The van der Waals surface area contributed by atoms with E-state index in [-0.39, 0.29) is 12.2 Å². The van der Waals surface area contributed by atoms with Crippen LogP contribution in [0.1, 0.15) is 13.3 Å². The number of hydroxylamine groups is 2. The van der Waals surface area contributed by atoms with Crippen LogP contribution in [0.4, 0.5) is 0 Å². The first-order valence-electron chi connectivity index (χ1n) is 7.21. The lowest BCUT2D eigenvalue weighted by atomic mass is 9.81. The number of nitrogens with zero attached hydrogens (tertiary/aromatic N) is 1. The van der Waals surface area contributed by atoms with E-state index >= 15 is 0 Å². The van der Waals surface area contributed by atoms with Crippen molar-refractivity contribution in [2.24, 2.45) is 11.8 Å². The predicted molar refractivity (Wildman–Crippen MR) is 73.7 cm³/mol. The number of hydrogen-bond donors (Lipinski definition) is 0. The Morgan fingerprint density at radius 3 is 1.88 bits per heavy atom. The first-order valence-corrected chi connectivity index (χ1v) is 7.21. The summed E-state index contributed by atoms with van der Waals surface area (Å²) in [6.07, 6.45) is -2.48. The number of carbonyl (C=O) groups excluding carboxylic acids is 4. The summed E-state index contributed by atoms with van der Waals surface area (Å²) in [5, 5.41) is 0.901. The molecule has 0 aliphatic carbocycles. The van der Waals surface area contributed by atoms with Gasteiger partial charge in [-0.25, -0.2) is 9.59 Å². The van der Waals surface area contributed by atoms with Crippen LogP contribution >= 0.6 is 0 Å². The van der Waals surface area contributed by atoms with Gasteiger partial charge in [-0.15, -0.1) is 0 Å². The predicted octanol–water partition coefficient (Wildman–Crippen LogP) is -0.985. The smallest absolute Gasteiger partial charge is 0.338 e. The Morgan fingerprint density at radius 2 is 1.38 bits per heavy atom. The molecule has 0 unspecified atom stereocenters. The Kier molecular flexibility index (Phi) is 5.52. The first-order chi connectivity index (χ1) is 11.3. The molecular formula is C14H19NO9. The molecule has 0 radical (unpaired) electrons. The lowest BCUT2D eigenvalue weighted by molar-refractivity contribution is -0.350. The molecule has 2 fully saturated rings. The number of methoxy groups -OCH3 is 3. The SMILES string of the molecule is COC(=O)[C@H]1[C@@H]2[C@H](CC(C)=O)[C@H](C(=O)OC)ON2O[C@H]1C(=O)OC. The quantitative estimate of drug-likeness (QED) is 0.454. The van der Waals surface area contributed by atoms with E-state index < -0.39 is 48.0 Å². The van der Waals surface area contributed by atoms with Gasteiger partial charge in [-0.3, -0.25) is 14.5 Å². The van der Waals surface area contributed by atoms with Crippen LogP contribution in [0.25, 0.3) is 0 Å². The van der Waals surface area contributed by atoms with Crippen molar-refractivity contribution in [3.8, 4) is 0 Å². The number of fused-ring (bicyclic) bond motifs is 1. The largest absolute Gasteiger partial charge is 0.469 e. The van der Waals surface area contributed by atoms with E-state index in [0.717, 1.165) is 19.4 Å². The number of esters is 3. The van der Waals surface area contributed by atoms with E-state index in [1.165, 1.54) is 14.0 Å². The van der Waals surface area contributed by atoms with Crippen molar-refractivity contribution in [2.75, 3.05) is 21.3 Å². The minimum Gasteiger partial charge on any atom is -0.469 e. The molecule has 2 heterocycles. The highest BCUT2D eigenvalue weighted by atomic mass is 17.0. The van der Waals surface area contributed by atoms with Gasteiger partial charge in [-0.1, -0.05) is 5.23 Å². The van der Waals surface area contributed by atoms with Gasteiger partial charge in [0.2, 0.25) is 0 Å². The van der Waals surface area contributed by atoms with Crippen molar-refractivity contribution in [1.82, 2.24) is 5.23 Å². The van der Waals surface area contributed by atoms with Gasteiger partial charge in [0.15, 0.2) is 12.2 Å². The molecule has 0 aromatic rings. The zero-order valence-electron chi connectivity index (χ0n) is 13.7. The third kappa shape index (κ3) is 3.12. The minimum atomic E-state index is -1.29. The summed E-state index contributed by atoms with van der Waals surface area (Å²) < 4.78 is 14.0. The number of carbonyl (C=O) groups is 4. The molecule has 0 aromatic carbocycles. The number of rotatable bonds is 5. The summed E-state index contributed by atoms with van der Waals surface area (Å²) in [7, 11) is 3.48. The van der Waals surface area contributed by atoms with Crippen molar-refractivity contribution in [1.29, 1.82) is 0 Å². The molecule has 0 saturated carbocycles. The standard InChI is InChI=1S/C14H19NO9/c1-6(16)5-7-9-8(12(17)20-2)11(14(19)22-4)24-15(9)23-10(7)13(18)21-3/h7-11H,5H2,1-4H3/t7-,8-,9-,10+,11+/m0/s1. The fraction of sp³-hybridized carbons (Fsp3) is 0.714. The van der Waals surface area contributed by atoms with Crippen molar-refractivity contribution >= 4 is 23.7 Å². The number of Topliss-reactive ketones (excluding diaryl/α,β-unsaturated/α-hetero) is 1. The molecule has 10 heteroatoms. The minimum absolute atomic E-state index is 0.0638. The summed E-state index contributed by atoms with van der Waals surface area (Å²) in [5.41, 5.74) is 0. The van der Waals surface area contributed by atoms with E-state index in [4.69, 9.17) is 14.4 Å². The summed E-state index contributed by atoms with van der Waals surface area (Å²) in [4.78, 5) is 58.2. The van der Waals surface area contributed by atoms with Crippen molar-refractivity contribution in [2.45, 2.75) is 31.6 Å². The average molecular weight is 345 g/mol. The maximum absolute atomic E-state index is 12.2. The Labute approximate surface area is 137 Å². The molecule has 2 saturated heterocycles. The molecule has 2 aliphatic rings. The molecule has 2 aliphatic heterocycles. The van der Waals surface area contributed by atoms with Gasteiger partial charge < -0.3 is 19.0 Å². The number of ether oxygens (including phenoxy) is 3.